The van der Waals surface area contributed by atoms with Crippen LogP contribution < -0.4 is 5.69 Å². The SMILES string of the molecule is CCC(C)C(=O)Cn1cc(Cl)cnc1=O. The molecular formula is C10H13ClN2O2. The van der Waals surface area contributed by atoms with Crippen LogP contribution >= 0.6 is 11.6 Å². The molecule has 1 aromatic rings. The third-order valence-electron chi connectivity index (χ3n) is 2.31. The van der Waals surface area contributed by atoms with Crippen molar-refractivity contribution in [3.05, 3.63) is 27.9 Å². The first-order chi connectivity index (χ1) is 7.04. The summed E-state index contributed by atoms with van der Waals surface area (Å²) in [5.74, 6) is -0.0282. The molecular weight excluding hydrogens is 216 g/mol. The Kier molecular flexibility index (Phi) is 4.03. The van der Waals surface area contributed by atoms with Gasteiger partial charge in [-0.05, 0) is 6.42 Å². The van der Waals surface area contributed by atoms with Crippen molar-refractivity contribution >= 4 is 17.4 Å². The highest BCUT2D eigenvalue weighted by molar-refractivity contribution is 6.30. The Morgan fingerprint density at radius 2 is 2.33 bits per heavy atom. The van der Waals surface area contributed by atoms with E-state index in [9.17, 15) is 9.59 Å². The van der Waals surface area contributed by atoms with Gasteiger partial charge in [-0.15, -0.1) is 0 Å². The lowest BCUT2D eigenvalue weighted by Crippen LogP contribution is -2.27. The molecule has 5 heteroatoms. The fraction of sp³-hybridized carbons (Fsp3) is 0.500. The predicted octanol–water partition coefficient (Wildman–Crippen LogP) is 1.51. The number of halogens is 1. The van der Waals surface area contributed by atoms with Crippen molar-refractivity contribution < 1.29 is 4.79 Å². The molecule has 0 aliphatic rings. The summed E-state index contributed by atoms with van der Waals surface area (Å²) in [7, 11) is 0. The van der Waals surface area contributed by atoms with Gasteiger partial charge in [-0.2, -0.15) is 0 Å². The zero-order valence-electron chi connectivity index (χ0n) is 8.74. The van der Waals surface area contributed by atoms with Gasteiger partial charge in [0.05, 0.1) is 17.8 Å². The van der Waals surface area contributed by atoms with Gasteiger partial charge >= 0.3 is 5.69 Å². The van der Waals surface area contributed by atoms with E-state index < -0.39 is 5.69 Å². The van der Waals surface area contributed by atoms with E-state index in [0.717, 1.165) is 6.42 Å². The van der Waals surface area contributed by atoms with E-state index in [1.165, 1.54) is 17.0 Å². The molecule has 0 saturated heterocycles. The second-order valence-corrected chi connectivity index (χ2v) is 3.89. The Morgan fingerprint density at radius 3 is 2.93 bits per heavy atom. The Morgan fingerprint density at radius 1 is 1.67 bits per heavy atom. The van der Waals surface area contributed by atoms with E-state index in [4.69, 9.17) is 11.6 Å². The van der Waals surface area contributed by atoms with Crippen LogP contribution in [-0.2, 0) is 11.3 Å². The summed E-state index contributed by atoms with van der Waals surface area (Å²) in [6.45, 7) is 3.81. The zero-order chi connectivity index (χ0) is 11.4. The van der Waals surface area contributed by atoms with Crippen molar-refractivity contribution in [2.24, 2.45) is 5.92 Å². The van der Waals surface area contributed by atoms with Crippen molar-refractivity contribution in [1.29, 1.82) is 0 Å². The van der Waals surface area contributed by atoms with Gasteiger partial charge in [0.1, 0.15) is 0 Å². The maximum Gasteiger partial charge on any atom is 0.348 e. The number of nitrogens with zero attached hydrogens (tertiary/aromatic N) is 2. The number of carbonyl (C=O) groups is 1. The van der Waals surface area contributed by atoms with E-state index in [0.29, 0.717) is 5.02 Å². The van der Waals surface area contributed by atoms with E-state index in [1.54, 1.807) is 0 Å². The lowest BCUT2D eigenvalue weighted by atomic mass is 10.0. The van der Waals surface area contributed by atoms with Crippen LogP contribution in [0.25, 0.3) is 0 Å². The molecule has 0 saturated carbocycles. The number of Topliss-reactive ketones (excluding diaryl/α,β-unsaturated/α-hetero) is 1. The van der Waals surface area contributed by atoms with Crippen molar-refractivity contribution in [3.63, 3.8) is 0 Å². The lowest BCUT2D eigenvalue weighted by molar-refractivity contribution is -0.123. The summed E-state index contributed by atoms with van der Waals surface area (Å²) < 4.78 is 1.23. The highest BCUT2D eigenvalue weighted by atomic mass is 35.5. The Bertz CT molecular complexity index is 414. The Balaban J connectivity index is 2.85. The fourth-order valence-electron chi connectivity index (χ4n) is 1.09. The molecule has 1 atom stereocenters. The number of ketones is 1. The largest absolute Gasteiger partial charge is 0.348 e. The van der Waals surface area contributed by atoms with Crippen LogP contribution in [0.5, 0.6) is 0 Å². The van der Waals surface area contributed by atoms with E-state index >= 15 is 0 Å². The van der Waals surface area contributed by atoms with Gasteiger partial charge in [-0.1, -0.05) is 25.4 Å². The summed E-state index contributed by atoms with van der Waals surface area (Å²) in [5.41, 5.74) is -0.448. The monoisotopic (exact) mass is 228 g/mol. The Hall–Kier alpha value is -1.16. The minimum absolute atomic E-state index is 0.0173. The molecule has 0 bridgehead atoms. The molecule has 1 heterocycles. The van der Waals surface area contributed by atoms with Crippen LogP contribution in [0.2, 0.25) is 5.02 Å². The number of aromatic nitrogens is 2. The Labute approximate surface area is 92.9 Å². The molecule has 82 valence electrons. The van der Waals surface area contributed by atoms with E-state index in [2.05, 4.69) is 4.98 Å². The van der Waals surface area contributed by atoms with Gasteiger partial charge in [-0.3, -0.25) is 9.36 Å². The van der Waals surface area contributed by atoms with E-state index in [-0.39, 0.29) is 18.2 Å². The number of hydrogen-bond acceptors (Lipinski definition) is 3. The van der Waals surface area contributed by atoms with Crippen molar-refractivity contribution in [1.82, 2.24) is 9.55 Å². The topological polar surface area (TPSA) is 52.0 Å². The quantitative estimate of drug-likeness (QED) is 0.785. The molecule has 0 spiro atoms. The highest BCUT2D eigenvalue weighted by Gasteiger charge is 2.12. The first-order valence-electron chi connectivity index (χ1n) is 4.79. The third-order valence-corrected chi connectivity index (χ3v) is 2.51. The molecule has 0 aromatic carbocycles. The molecule has 0 fully saturated rings. The summed E-state index contributed by atoms with van der Waals surface area (Å²) in [5, 5.41) is 0.353. The van der Waals surface area contributed by atoms with Crippen LogP contribution in [0.4, 0.5) is 0 Å². The molecule has 4 nitrogen and oxygen atoms in total. The van der Waals surface area contributed by atoms with Gasteiger partial charge < -0.3 is 0 Å². The molecule has 0 radical (unpaired) electrons. The normalized spacial score (nSPS) is 12.5. The van der Waals surface area contributed by atoms with Gasteiger partial charge in [0, 0.05) is 12.1 Å². The van der Waals surface area contributed by atoms with Crippen LogP contribution in [0, 0.1) is 5.92 Å². The minimum Gasteiger partial charge on any atom is -0.297 e. The lowest BCUT2D eigenvalue weighted by Gasteiger charge is -2.08. The summed E-state index contributed by atoms with van der Waals surface area (Å²) in [4.78, 5) is 26.4. The average Bonchev–Trinajstić information content (AvgIpc) is 2.22. The van der Waals surface area contributed by atoms with Crippen molar-refractivity contribution in [3.8, 4) is 0 Å². The van der Waals surface area contributed by atoms with Crippen LogP contribution in [-0.4, -0.2) is 15.3 Å². The molecule has 1 unspecified atom stereocenters. The predicted molar refractivity (Wildman–Crippen MR) is 58.0 cm³/mol. The third kappa shape index (κ3) is 3.16. The first kappa shape index (κ1) is 11.9. The number of carbonyl (C=O) groups excluding carboxylic acids is 1. The smallest absolute Gasteiger partial charge is 0.297 e. The molecule has 15 heavy (non-hydrogen) atoms. The highest BCUT2D eigenvalue weighted by Crippen LogP contribution is 2.05. The van der Waals surface area contributed by atoms with Gasteiger partial charge in [0.25, 0.3) is 0 Å². The molecule has 0 aliphatic heterocycles. The van der Waals surface area contributed by atoms with Crippen molar-refractivity contribution in [2.45, 2.75) is 26.8 Å². The second-order valence-electron chi connectivity index (χ2n) is 3.46. The summed E-state index contributed by atoms with van der Waals surface area (Å²) in [6.07, 6.45) is 3.47. The minimum atomic E-state index is -0.448. The standard InChI is InChI=1S/C10H13ClN2O2/c1-3-7(2)9(14)6-13-5-8(11)4-12-10(13)15/h4-5,7H,3,6H2,1-2H3. The average molecular weight is 229 g/mol. The maximum atomic E-state index is 11.6. The van der Waals surface area contributed by atoms with Crippen molar-refractivity contribution in [2.75, 3.05) is 0 Å². The maximum absolute atomic E-state index is 11.6. The first-order valence-corrected chi connectivity index (χ1v) is 5.17. The zero-order valence-corrected chi connectivity index (χ0v) is 9.49. The van der Waals surface area contributed by atoms with Gasteiger partial charge in [0.15, 0.2) is 5.78 Å². The summed E-state index contributed by atoms with van der Waals surface area (Å²) >= 11 is 5.68. The van der Waals surface area contributed by atoms with Gasteiger partial charge in [0.2, 0.25) is 0 Å². The van der Waals surface area contributed by atoms with Crippen LogP contribution in [0.1, 0.15) is 20.3 Å². The molecule has 0 amide bonds. The second kappa shape index (κ2) is 5.07. The molecule has 1 rings (SSSR count). The van der Waals surface area contributed by atoms with Crippen LogP contribution in [0.3, 0.4) is 0 Å². The van der Waals surface area contributed by atoms with E-state index in [1.807, 2.05) is 13.8 Å². The summed E-state index contributed by atoms with van der Waals surface area (Å²) in [6, 6.07) is 0. The van der Waals surface area contributed by atoms with Gasteiger partial charge in [-0.25, -0.2) is 9.78 Å². The number of hydrogen-bond donors (Lipinski definition) is 0. The molecule has 0 N–H and O–H groups in total. The fourth-order valence-corrected chi connectivity index (χ4v) is 1.26. The number of rotatable bonds is 4. The molecule has 1 aromatic heterocycles. The van der Waals surface area contributed by atoms with Crippen LogP contribution in [0.15, 0.2) is 17.2 Å². The molecule has 0 aliphatic carbocycles.